The van der Waals surface area contributed by atoms with Gasteiger partial charge in [0.2, 0.25) is 5.91 Å². The van der Waals surface area contributed by atoms with Crippen LogP contribution in [0.3, 0.4) is 0 Å². The van der Waals surface area contributed by atoms with Crippen molar-refractivity contribution in [3.63, 3.8) is 0 Å². The lowest BCUT2D eigenvalue weighted by molar-refractivity contribution is -0.140. The molecule has 2 aromatic rings. The number of piperidine rings is 2. The summed E-state index contributed by atoms with van der Waals surface area (Å²) in [6, 6.07) is 10.5. The van der Waals surface area contributed by atoms with Crippen molar-refractivity contribution in [3.8, 4) is 0 Å². The highest BCUT2D eigenvalue weighted by Crippen LogP contribution is 2.39. The van der Waals surface area contributed by atoms with Gasteiger partial charge in [0.1, 0.15) is 0 Å². The van der Waals surface area contributed by atoms with E-state index in [0.29, 0.717) is 13.0 Å². The molecular formula is C24H30N4O. The fourth-order valence-corrected chi connectivity index (χ4v) is 4.64. The van der Waals surface area contributed by atoms with Crippen LogP contribution in [0, 0.1) is 12.3 Å². The smallest absolute Gasteiger partial charge is 0.222 e. The van der Waals surface area contributed by atoms with E-state index in [1.807, 2.05) is 17.9 Å². The molecule has 0 aliphatic carbocycles. The average Bonchev–Trinajstić information content (AvgIpc) is 2.74. The Hall–Kier alpha value is -2.53. The van der Waals surface area contributed by atoms with Crippen LogP contribution in [0.5, 0.6) is 0 Å². The first-order chi connectivity index (χ1) is 14.1. The van der Waals surface area contributed by atoms with Gasteiger partial charge in [-0.2, -0.15) is 0 Å². The maximum atomic E-state index is 12.6. The molecule has 0 saturated carbocycles. The predicted octanol–water partition coefficient (Wildman–Crippen LogP) is 3.70. The van der Waals surface area contributed by atoms with Gasteiger partial charge in [-0.1, -0.05) is 42.5 Å². The zero-order chi connectivity index (χ0) is 20.1. The summed E-state index contributed by atoms with van der Waals surface area (Å²) in [6.45, 7) is 6.50. The van der Waals surface area contributed by atoms with E-state index in [9.17, 15) is 4.79 Å². The first-order valence-electron chi connectivity index (χ1n) is 10.6. The molecule has 0 bridgehead atoms. The first kappa shape index (κ1) is 19.8. The molecule has 0 N–H and O–H groups in total. The van der Waals surface area contributed by atoms with Crippen LogP contribution in [0.4, 0.5) is 0 Å². The number of hydrogen-bond donors (Lipinski definition) is 0. The molecule has 1 aromatic heterocycles. The second-order valence-corrected chi connectivity index (χ2v) is 8.55. The molecule has 5 nitrogen and oxygen atoms in total. The summed E-state index contributed by atoms with van der Waals surface area (Å²) in [4.78, 5) is 25.9. The van der Waals surface area contributed by atoms with Gasteiger partial charge in [-0.25, -0.2) is 0 Å². The fraction of sp³-hybridized carbons (Fsp3) is 0.458. The van der Waals surface area contributed by atoms with Crippen LogP contribution in [0.1, 0.15) is 42.6 Å². The van der Waals surface area contributed by atoms with Gasteiger partial charge >= 0.3 is 0 Å². The van der Waals surface area contributed by atoms with Crippen molar-refractivity contribution in [2.24, 2.45) is 5.41 Å². The molecule has 3 heterocycles. The normalized spacial score (nSPS) is 23.2. The number of likely N-dealkylation sites (tertiary alicyclic amines) is 2. The summed E-state index contributed by atoms with van der Waals surface area (Å²) in [7, 11) is 0. The third-order valence-electron chi connectivity index (χ3n) is 6.15. The number of nitrogens with zero attached hydrogens (tertiary/aromatic N) is 4. The van der Waals surface area contributed by atoms with Crippen molar-refractivity contribution < 1.29 is 4.79 Å². The Balaban J connectivity index is 1.38. The van der Waals surface area contributed by atoms with Crippen molar-refractivity contribution >= 4 is 12.0 Å². The van der Waals surface area contributed by atoms with Gasteiger partial charge < -0.3 is 4.90 Å². The lowest BCUT2D eigenvalue weighted by Crippen LogP contribution is -2.53. The summed E-state index contributed by atoms with van der Waals surface area (Å²) in [6.07, 6.45) is 12.1. The zero-order valence-electron chi connectivity index (χ0n) is 17.3. The maximum Gasteiger partial charge on any atom is 0.222 e. The molecule has 2 aliphatic rings. The third kappa shape index (κ3) is 5.10. The van der Waals surface area contributed by atoms with Crippen molar-refractivity contribution in [2.45, 2.75) is 39.2 Å². The molecule has 1 unspecified atom stereocenters. The highest BCUT2D eigenvalue weighted by atomic mass is 16.2. The van der Waals surface area contributed by atoms with Crippen LogP contribution in [0.15, 0.2) is 48.8 Å². The van der Waals surface area contributed by atoms with Crippen molar-refractivity contribution in [3.05, 3.63) is 65.8 Å². The summed E-state index contributed by atoms with van der Waals surface area (Å²) in [5.41, 5.74) is 3.24. The topological polar surface area (TPSA) is 49.3 Å². The predicted molar refractivity (Wildman–Crippen MR) is 115 cm³/mol. The van der Waals surface area contributed by atoms with E-state index < -0.39 is 0 Å². The van der Waals surface area contributed by atoms with Crippen LogP contribution in [-0.4, -0.2) is 51.9 Å². The fourth-order valence-electron chi connectivity index (χ4n) is 4.64. The van der Waals surface area contributed by atoms with Crippen LogP contribution < -0.4 is 0 Å². The van der Waals surface area contributed by atoms with E-state index in [0.717, 1.165) is 44.0 Å². The zero-order valence-corrected chi connectivity index (χ0v) is 17.3. The number of aromatic nitrogens is 2. The number of hydrogen-bond acceptors (Lipinski definition) is 4. The molecule has 1 spiro atoms. The number of amides is 1. The van der Waals surface area contributed by atoms with E-state index in [4.69, 9.17) is 0 Å². The van der Waals surface area contributed by atoms with E-state index in [2.05, 4.69) is 51.3 Å². The minimum absolute atomic E-state index is 0.213. The Morgan fingerprint density at radius 2 is 1.97 bits per heavy atom. The van der Waals surface area contributed by atoms with Gasteiger partial charge in [-0.05, 0) is 38.3 Å². The number of carbonyl (C=O) groups is 1. The summed E-state index contributed by atoms with van der Waals surface area (Å²) < 4.78 is 0. The molecule has 1 amide bonds. The maximum absolute atomic E-state index is 12.6. The van der Waals surface area contributed by atoms with E-state index in [-0.39, 0.29) is 11.3 Å². The van der Waals surface area contributed by atoms with Gasteiger partial charge in [0.25, 0.3) is 0 Å². The molecule has 2 aliphatic heterocycles. The Morgan fingerprint density at radius 3 is 2.76 bits per heavy atom. The average molecular weight is 391 g/mol. The Kier molecular flexibility index (Phi) is 6.05. The van der Waals surface area contributed by atoms with E-state index in [1.165, 1.54) is 18.4 Å². The van der Waals surface area contributed by atoms with Gasteiger partial charge in [-0.15, -0.1) is 0 Å². The minimum atomic E-state index is 0.213. The molecule has 5 heteroatoms. The molecule has 0 radical (unpaired) electrons. The van der Waals surface area contributed by atoms with Crippen LogP contribution in [-0.2, 0) is 11.3 Å². The van der Waals surface area contributed by atoms with Crippen molar-refractivity contribution in [2.75, 3.05) is 26.2 Å². The van der Waals surface area contributed by atoms with Gasteiger partial charge in [0, 0.05) is 37.7 Å². The Morgan fingerprint density at radius 1 is 1.10 bits per heavy atom. The van der Waals surface area contributed by atoms with E-state index >= 15 is 0 Å². The molecular weight excluding hydrogens is 360 g/mol. The van der Waals surface area contributed by atoms with Crippen molar-refractivity contribution in [1.29, 1.82) is 0 Å². The molecule has 2 saturated heterocycles. The number of rotatable bonds is 5. The Bertz CT molecular complexity index is 849. The quantitative estimate of drug-likeness (QED) is 0.781. The highest BCUT2D eigenvalue weighted by molar-refractivity contribution is 5.77. The SMILES string of the molecule is Cc1cnc(CN2CC3(CCCN(CC=Cc4ccccc4)C3)CCC2=O)cn1. The second kappa shape index (κ2) is 8.87. The summed E-state index contributed by atoms with van der Waals surface area (Å²) in [5.74, 6) is 0.249. The van der Waals surface area contributed by atoms with Gasteiger partial charge in [-0.3, -0.25) is 19.7 Å². The van der Waals surface area contributed by atoms with Crippen LogP contribution in [0.25, 0.3) is 6.08 Å². The molecule has 29 heavy (non-hydrogen) atoms. The first-order valence-corrected chi connectivity index (χ1v) is 10.6. The molecule has 2 fully saturated rings. The standard InChI is InChI=1S/C24H30N4O/c1-20-15-26-22(16-25-20)17-28-19-24(12-10-23(28)29)11-6-14-27(18-24)13-5-9-21-7-3-2-4-8-21/h2-5,7-9,15-16H,6,10-14,17-19H2,1H3. The lowest BCUT2D eigenvalue weighted by atomic mass is 9.73. The van der Waals surface area contributed by atoms with Gasteiger partial charge in [0.15, 0.2) is 0 Å². The summed E-state index contributed by atoms with van der Waals surface area (Å²) >= 11 is 0. The largest absolute Gasteiger partial charge is 0.336 e. The van der Waals surface area contributed by atoms with E-state index in [1.54, 1.807) is 12.4 Å². The molecule has 1 atom stereocenters. The monoisotopic (exact) mass is 390 g/mol. The summed E-state index contributed by atoms with van der Waals surface area (Å²) in [5, 5.41) is 0. The third-order valence-corrected chi connectivity index (χ3v) is 6.15. The highest BCUT2D eigenvalue weighted by Gasteiger charge is 2.41. The van der Waals surface area contributed by atoms with Crippen LogP contribution >= 0.6 is 0 Å². The number of carbonyl (C=O) groups excluding carboxylic acids is 1. The molecule has 152 valence electrons. The lowest BCUT2D eigenvalue weighted by Gasteiger charge is -2.48. The minimum Gasteiger partial charge on any atom is -0.336 e. The van der Waals surface area contributed by atoms with Crippen molar-refractivity contribution in [1.82, 2.24) is 19.8 Å². The molecule has 4 rings (SSSR count). The van der Waals surface area contributed by atoms with Crippen LogP contribution in [0.2, 0.25) is 0 Å². The van der Waals surface area contributed by atoms with Gasteiger partial charge in [0.05, 0.1) is 24.1 Å². The Labute approximate surface area is 173 Å². The number of aryl methyl sites for hydroxylation is 1. The second-order valence-electron chi connectivity index (χ2n) is 8.55. The molecule has 1 aromatic carbocycles. The number of benzene rings is 1.